The number of rotatable bonds is 5. The molecule has 0 saturated heterocycles. The van der Waals surface area contributed by atoms with Gasteiger partial charge in [-0.3, -0.25) is 9.78 Å². The SMILES string of the molecule is O=C(Nc1cccc(Nc2cc(-c3ccccc3)ncn2)c1)c1cnccn1. The summed E-state index contributed by atoms with van der Waals surface area (Å²) >= 11 is 0. The number of aromatic nitrogens is 4. The van der Waals surface area contributed by atoms with Crippen molar-refractivity contribution in [1.29, 1.82) is 0 Å². The topological polar surface area (TPSA) is 92.7 Å². The number of hydrogen-bond donors (Lipinski definition) is 2. The Kier molecular flexibility index (Phi) is 4.97. The maximum absolute atomic E-state index is 12.2. The van der Waals surface area contributed by atoms with E-state index in [2.05, 4.69) is 30.6 Å². The highest BCUT2D eigenvalue weighted by Gasteiger charge is 2.08. The Hall–Kier alpha value is -4.13. The molecule has 0 fully saturated rings. The highest BCUT2D eigenvalue weighted by atomic mass is 16.1. The Labute approximate surface area is 161 Å². The number of nitrogens with zero attached hydrogens (tertiary/aromatic N) is 4. The van der Waals surface area contributed by atoms with Gasteiger partial charge in [-0.2, -0.15) is 0 Å². The van der Waals surface area contributed by atoms with E-state index in [9.17, 15) is 4.79 Å². The van der Waals surface area contributed by atoms with E-state index in [1.54, 1.807) is 6.07 Å². The van der Waals surface area contributed by atoms with E-state index in [4.69, 9.17) is 0 Å². The molecule has 2 N–H and O–H groups in total. The van der Waals surface area contributed by atoms with Crippen LogP contribution in [0, 0.1) is 0 Å². The molecule has 136 valence electrons. The first-order chi connectivity index (χ1) is 13.8. The van der Waals surface area contributed by atoms with Gasteiger partial charge in [-0.05, 0) is 18.2 Å². The quantitative estimate of drug-likeness (QED) is 0.554. The Bertz CT molecular complexity index is 1090. The van der Waals surface area contributed by atoms with Gasteiger partial charge in [0.1, 0.15) is 17.8 Å². The number of hydrogen-bond acceptors (Lipinski definition) is 6. The van der Waals surface area contributed by atoms with Crippen LogP contribution >= 0.6 is 0 Å². The van der Waals surface area contributed by atoms with E-state index >= 15 is 0 Å². The molecule has 2 aromatic carbocycles. The van der Waals surface area contributed by atoms with Crippen LogP contribution in [0.3, 0.4) is 0 Å². The number of amides is 1. The van der Waals surface area contributed by atoms with Crippen molar-refractivity contribution in [3.63, 3.8) is 0 Å². The molecule has 2 aromatic heterocycles. The summed E-state index contributed by atoms with van der Waals surface area (Å²) in [4.78, 5) is 28.7. The molecule has 7 nitrogen and oxygen atoms in total. The Morgan fingerprint density at radius 1 is 0.821 bits per heavy atom. The van der Waals surface area contributed by atoms with Crippen molar-refractivity contribution in [2.75, 3.05) is 10.6 Å². The van der Waals surface area contributed by atoms with Crippen LogP contribution < -0.4 is 10.6 Å². The molecule has 0 bridgehead atoms. The summed E-state index contributed by atoms with van der Waals surface area (Å²) in [7, 11) is 0. The van der Waals surface area contributed by atoms with Gasteiger partial charge >= 0.3 is 0 Å². The zero-order valence-electron chi connectivity index (χ0n) is 14.8. The molecular formula is C21H16N6O. The standard InChI is InChI=1S/C21H16N6O/c28-21(19-13-22-9-10-23-19)27-17-8-4-7-16(11-17)26-20-12-18(24-14-25-20)15-5-2-1-3-6-15/h1-14H,(H,27,28)(H,24,25,26). The van der Waals surface area contributed by atoms with Crippen LogP contribution in [0.15, 0.2) is 85.6 Å². The third-order valence-corrected chi connectivity index (χ3v) is 3.93. The van der Waals surface area contributed by atoms with Crippen molar-refractivity contribution < 1.29 is 4.79 Å². The summed E-state index contributed by atoms with van der Waals surface area (Å²) < 4.78 is 0. The average molecular weight is 368 g/mol. The van der Waals surface area contributed by atoms with E-state index in [1.807, 2.05) is 54.6 Å². The first kappa shape index (κ1) is 17.3. The minimum Gasteiger partial charge on any atom is -0.340 e. The Morgan fingerprint density at radius 2 is 1.68 bits per heavy atom. The lowest BCUT2D eigenvalue weighted by atomic mass is 10.1. The number of anilines is 3. The van der Waals surface area contributed by atoms with Gasteiger partial charge in [0, 0.05) is 35.4 Å². The molecule has 0 aliphatic heterocycles. The lowest BCUT2D eigenvalue weighted by Gasteiger charge is -2.09. The van der Waals surface area contributed by atoms with Crippen molar-refractivity contribution in [3.05, 3.63) is 91.3 Å². The third kappa shape index (κ3) is 4.16. The van der Waals surface area contributed by atoms with E-state index < -0.39 is 0 Å². The predicted molar refractivity (Wildman–Crippen MR) is 107 cm³/mol. The second-order valence-corrected chi connectivity index (χ2v) is 5.91. The van der Waals surface area contributed by atoms with Crippen molar-refractivity contribution >= 4 is 23.1 Å². The Balaban J connectivity index is 1.50. The van der Waals surface area contributed by atoms with Gasteiger partial charge < -0.3 is 10.6 Å². The van der Waals surface area contributed by atoms with Gasteiger partial charge in [0.05, 0.1) is 11.9 Å². The van der Waals surface area contributed by atoms with Gasteiger partial charge in [-0.25, -0.2) is 15.0 Å². The number of nitrogens with one attached hydrogen (secondary N) is 2. The summed E-state index contributed by atoms with van der Waals surface area (Å²) in [5.74, 6) is 0.338. The van der Waals surface area contributed by atoms with E-state index in [-0.39, 0.29) is 11.6 Å². The van der Waals surface area contributed by atoms with Crippen LogP contribution in [0.25, 0.3) is 11.3 Å². The molecule has 2 heterocycles. The third-order valence-electron chi connectivity index (χ3n) is 3.93. The monoisotopic (exact) mass is 368 g/mol. The van der Waals surface area contributed by atoms with Crippen LogP contribution in [0.4, 0.5) is 17.2 Å². The molecule has 0 radical (unpaired) electrons. The molecule has 7 heteroatoms. The summed E-state index contributed by atoms with van der Waals surface area (Å²) in [6.45, 7) is 0. The van der Waals surface area contributed by atoms with E-state index in [0.717, 1.165) is 16.9 Å². The van der Waals surface area contributed by atoms with Crippen molar-refractivity contribution in [2.24, 2.45) is 0 Å². The molecule has 0 saturated carbocycles. The molecule has 1 amide bonds. The second-order valence-electron chi connectivity index (χ2n) is 5.91. The van der Waals surface area contributed by atoms with Crippen LogP contribution in [0.5, 0.6) is 0 Å². The first-order valence-corrected chi connectivity index (χ1v) is 8.60. The van der Waals surface area contributed by atoms with Crippen molar-refractivity contribution in [3.8, 4) is 11.3 Å². The van der Waals surface area contributed by atoms with Gasteiger partial charge in [0.15, 0.2) is 0 Å². The lowest BCUT2D eigenvalue weighted by molar-refractivity contribution is 0.102. The fourth-order valence-electron chi connectivity index (χ4n) is 2.63. The van der Waals surface area contributed by atoms with Crippen LogP contribution in [0.1, 0.15) is 10.5 Å². The molecule has 0 aliphatic carbocycles. The minimum atomic E-state index is -0.321. The smallest absolute Gasteiger partial charge is 0.275 e. The zero-order chi connectivity index (χ0) is 19.2. The van der Waals surface area contributed by atoms with Gasteiger partial charge in [0.2, 0.25) is 0 Å². The van der Waals surface area contributed by atoms with Crippen LogP contribution in [-0.4, -0.2) is 25.8 Å². The molecule has 28 heavy (non-hydrogen) atoms. The van der Waals surface area contributed by atoms with E-state index in [0.29, 0.717) is 11.5 Å². The molecule has 4 aromatic rings. The largest absolute Gasteiger partial charge is 0.340 e. The summed E-state index contributed by atoms with van der Waals surface area (Å²) in [6.07, 6.45) is 5.94. The van der Waals surface area contributed by atoms with E-state index in [1.165, 1.54) is 24.9 Å². The second kappa shape index (κ2) is 8.05. The molecule has 4 rings (SSSR count). The fourth-order valence-corrected chi connectivity index (χ4v) is 2.63. The summed E-state index contributed by atoms with van der Waals surface area (Å²) in [6, 6.07) is 19.1. The van der Waals surface area contributed by atoms with Crippen LogP contribution in [-0.2, 0) is 0 Å². The maximum Gasteiger partial charge on any atom is 0.275 e. The highest BCUT2D eigenvalue weighted by Crippen LogP contribution is 2.22. The van der Waals surface area contributed by atoms with Gasteiger partial charge in [0.25, 0.3) is 5.91 Å². The lowest BCUT2D eigenvalue weighted by Crippen LogP contribution is -2.13. The average Bonchev–Trinajstić information content (AvgIpc) is 2.75. The van der Waals surface area contributed by atoms with Gasteiger partial charge in [-0.15, -0.1) is 0 Å². The molecule has 0 unspecified atom stereocenters. The van der Waals surface area contributed by atoms with Crippen molar-refractivity contribution in [1.82, 2.24) is 19.9 Å². The molecular weight excluding hydrogens is 352 g/mol. The molecule has 0 atom stereocenters. The summed E-state index contributed by atoms with van der Waals surface area (Å²) in [5.41, 5.74) is 3.51. The van der Waals surface area contributed by atoms with Gasteiger partial charge in [-0.1, -0.05) is 36.4 Å². The predicted octanol–water partition coefficient (Wildman–Crippen LogP) is 3.93. The number of benzene rings is 2. The number of carbonyl (C=O) groups is 1. The minimum absolute atomic E-state index is 0.254. The summed E-state index contributed by atoms with van der Waals surface area (Å²) in [5, 5.41) is 6.04. The normalized spacial score (nSPS) is 10.3. The highest BCUT2D eigenvalue weighted by molar-refractivity contribution is 6.02. The first-order valence-electron chi connectivity index (χ1n) is 8.60. The fraction of sp³-hybridized carbons (Fsp3) is 0. The number of carbonyl (C=O) groups excluding carboxylic acids is 1. The molecule has 0 aliphatic rings. The Morgan fingerprint density at radius 3 is 2.50 bits per heavy atom. The van der Waals surface area contributed by atoms with Crippen molar-refractivity contribution in [2.45, 2.75) is 0 Å². The zero-order valence-corrected chi connectivity index (χ0v) is 14.8. The van der Waals surface area contributed by atoms with Crippen LogP contribution in [0.2, 0.25) is 0 Å². The molecule has 0 spiro atoms. The maximum atomic E-state index is 12.2.